The molecule has 1 aliphatic rings. The quantitative estimate of drug-likeness (QED) is 0.844. The number of carboxylic acid groups (broad SMARTS) is 1. The largest absolute Gasteiger partial charge is 0.478 e. The molecule has 2 amide bonds. The zero-order chi connectivity index (χ0) is 15.4. The predicted molar refractivity (Wildman–Crippen MR) is 81.7 cm³/mol. The van der Waals surface area contributed by atoms with E-state index in [-0.39, 0.29) is 11.6 Å². The molecular weight excluding hydrogens is 268 g/mol. The molecule has 5 heteroatoms. The van der Waals surface area contributed by atoms with Crippen LogP contribution in [0.4, 0.5) is 10.5 Å². The van der Waals surface area contributed by atoms with E-state index in [1.165, 1.54) is 18.9 Å². The van der Waals surface area contributed by atoms with Crippen molar-refractivity contribution in [1.82, 2.24) is 4.90 Å². The predicted octanol–water partition coefficient (Wildman–Crippen LogP) is 3.35. The topological polar surface area (TPSA) is 69.6 Å². The van der Waals surface area contributed by atoms with Crippen molar-refractivity contribution in [3.05, 3.63) is 29.3 Å². The summed E-state index contributed by atoms with van der Waals surface area (Å²) in [7, 11) is 0. The van der Waals surface area contributed by atoms with Crippen molar-refractivity contribution in [1.29, 1.82) is 0 Å². The summed E-state index contributed by atoms with van der Waals surface area (Å²) in [6.45, 7) is 5.34. The number of nitrogens with zero attached hydrogens (tertiary/aromatic N) is 1. The molecule has 2 rings (SSSR count). The Balaban J connectivity index is 2.03. The lowest BCUT2D eigenvalue weighted by Gasteiger charge is -2.22. The van der Waals surface area contributed by atoms with E-state index in [4.69, 9.17) is 5.11 Å². The fraction of sp³-hybridized carbons (Fsp3) is 0.500. The summed E-state index contributed by atoms with van der Waals surface area (Å²) in [5, 5.41) is 11.9. The van der Waals surface area contributed by atoms with Gasteiger partial charge in [0.05, 0.1) is 5.56 Å². The van der Waals surface area contributed by atoms with Crippen LogP contribution in [0.25, 0.3) is 0 Å². The second kappa shape index (κ2) is 6.61. The molecule has 0 atom stereocenters. The zero-order valence-corrected chi connectivity index (χ0v) is 12.6. The van der Waals surface area contributed by atoms with Gasteiger partial charge in [-0.15, -0.1) is 0 Å². The van der Waals surface area contributed by atoms with E-state index in [0.717, 1.165) is 19.5 Å². The van der Waals surface area contributed by atoms with Crippen molar-refractivity contribution in [3.63, 3.8) is 0 Å². The fourth-order valence-corrected chi connectivity index (χ4v) is 2.34. The van der Waals surface area contributed by atoms with Gasteiger partial charge in [-0.1, -0.05) is 6.92 Å². The molecule has 0 aromatic heterocycles. The number of nitrogens with one attached hydrogen (secondary N) is 1. The standard InChI is InChI=1S/C16H22N2O3/c1-3-8-18(10-12-4-5-12)16(21)17-13-6-7-14(15(19)20)11(2)9-13/h6-7,9,12H,3-5,8,10H2,1-2H3,(H,17,21)(H,19,20). The lowest BCUT2D eigenvalue weighted by molar-refractivity contribution is 0.0696. The van der Waals surface area contributed by atoms with Gasteiger partial charge in [0.1, 0.15) is 0 Å². The first-order valence-electron chi connectivity index (χ1n) is 7.41. The average Bonchev–Trinajstić information content (AvgIpc) is 3.21. The van der Waals surface area contributed by atoms with Crippen LogP contribution in [0.5, 0.6) is 0 Å². The first-order chi connectivity index (χ1) is 10.0. The third-order valence-electron chi connectivity index (χ3n) is 3.66. The molecular formula is C16H22N2O3. The van der Waals surface area contributed by atoms with E-state index >= 15 is 0 Å². The van der Waals surface area contributed by atoms with Crippen molar-refractivity contribution in [2.45, 2.75) is 33.1 Å². The maximum atomic E-state index is 12.3. The van der Waals surface area contributed by atoms with Crippen LogP contribution in [0.1, 0.15) is 42.1 Å². The van der Waals surface area contributed by atoms with Crippen LogP contribution >= 0.6 is 0 Å². The Labute approximate surface area is 125 Å². The second-order valence-corrected chi connectivity index (χ2v) is 5.65. The first kappa shape index (κ1) is 15.4. The SMILES string of the molecule is CCCN(CC1CC1)C(=O)Nc1ccc(C(=O)O)c(C)c1. The summed E-state index contributed by atoms with van der Waals surface area (Å²) < 4.78 is 0. The van der Waals surface area contributed by atoms with Gasteiger partial charge in [-0.05, 0) is 55.9 Å². The molecule has 1 aromatic carbocycles. The van der Waals surface area contributed by atoms with Gasteiger partial charge in [0.2, 0.25) is 0 Å². The number of carbonyl (C=O) groups is 2. The fourth-order valence-electron chi connectivity index (χ4n) is 2.34. The highest BCUT2D eigenvalue weighted by Crippen LogP contribution is 2.30. The van der Waals surface area contributed by atoms with Gasteiger partial charge in [-0.3, -0.25) is 0 Å². The summed E-state index contributed by atoms with van der Waals surface area (Å²) in [4.78, 5) is 25.1. The van der Waals surface area contributed by atoms with E-state index in [2.05, 4.69) is 12.2 Å². The summed E-state index contributed by atoms with van der Waals surface area (Å²) in [6.07, 6.45) is 3.34. The van der Waals surface area contributed by atoms with Crippen LogP contribution in [0.2, 0.25) is 0 Å². The number of benzene rings is 1. The number of urea groups is 1. The molecule has 0 spiro atoms. The molecule has 1 fully saturated rings. The number of rotatable bonds is 6. The van der Waals surface area contributed by atoms with Gasteiger partial charge in [0.15, 0.2) is 0 Å². The molecule has 0 radical (unpaired) electrons. The van der Waals surface area contributed by atoms with E-state index in [1.54, 1.807) is 19.1 Å². The number of anilines is 1. The Morgan fingerprint density at radius 2 is 2.10 bits per heavy atom. The molecule has 0 aliphatic heterocycles. The molecule has 1 saturated carbocycles. The Bertz CT molecular complexity index is 538. The van der Waals surface area contributed by atoms with E-state index in [0.29, 0.717) is 17.2 Å². The monoisotopic (exact) mass is 290 g/mol. The smallest absolute Gasteiger partial charge is 0.335 e. The van der Waals surface area contributed by atoms with E-state index in [1.807, 2.05) is 4.90 Å². The Kier molecular flexibility index (Phi) is 4.83. The molecule has 0 bridgehead atoms. The van der Waals surface area contributed by atoms with Crippen LogP contribution in [-0.4, -0.2) is 35.1 Å². The summed E-state index contributed by atoms with van der Waals surface area (Å²) in [5.74, 6) is -0.301. The molecule has 5 nitrogen and oxygen atoms in total. The molecule has 0 saturated heterocycles. The summed E-state index contributed by atoms with van der Waals surface area (Å²) >= 11 is 0. The van der Waals surface area contributed by atoms with Gasteiger partial charge < -0.3 is 15.3 Å². The maximum Gasteiger partial charge on any atom is 0.335 e. The number of hydrogen-bond acceptors (Lipinski definition) is 2. The van der Waals surface area contributed by atoms with Gasteiger partial charge >= 0.3 is 12.0 Å². The molecule has 0 heterocycles. The highest BCUT2D eigenvalue weighted by Gasteiger charge is 2.26. The lowest BCUT2D eigenvalue weighted by Crippen LogP contribution is -2.37. The Morgan fingerprint density at radius 3 is 2.62 bits per heavy atom. The first-order valence-corrected chi connectivity index (χ1v) is 7.41. The third-order valence-corrected chi connectivity index (χ3v) is 3.66. The molecule has 0 unspecified atom stereocenters. The maximum absolute atomic E-state index is 12.3. The van der Waals surface area contributed by atoms with Crippen LogP contribution in [0.15, 0.2) is 18.2 Å². The minimum atomic E-state index is -0.952. The second-order valence-electron chi connectivity index (χ2n) is 5.65. The molecule has 1 aromatic rings. The van der Waals surface area contributed by atoms with Gasteiger partial charge in [-0.2, -0.15) is 0 Å². The van der Waals surface area contributed by atoms with Crippen LogP contribution in [0.3, 0.4) is 0 Å². The zero-order valence-electron chi connectivity index (χ0n) is 12.6. The normalized spacial score (nSPS) is 13.8. The van der Waals surface area contributed by atoms with Gasteiger partial charge in [-0.25, -0.2) is 9.59 Å². The summed E-state index contributed by atoms with van der Waals surface area (Å²) in [6, 6.07) is 4.75. The Hall–Kier alpha value is -2.04. The number of carbonyl (C=O) groups excluding carboxylic acids is 1. The van der Waals surface area contributed by atoms with Crippen molar-refractivity contribution >= 4 is 17.7 Å². The molecule has 114 valence electrons. The Morgan fingerprint density at radius 1 is 1.38 bits per heavy atom. The number of carboxylic acids is 1. The van der Waals surface area contributed by atoms with Crippen molar-refractivity contribution in [2.24, 2.45) is 5.92 Å². The van der Waals surface area contributed by atoms with E-state index in [9.17, 15) is 9.59 Å². The minimum Gasteiger partial charge on any atom is -0.478 e. The van der Waals surface area contributed by atoms with Crippen molar-refractivity contribution < 1.29 is 14.7 Å². The number of aromatic carboxylic acids is 1. The highest BCUT2D eigenvalue weighted by molar-refractivity contribution is 5.92. The van der Waals surface area contributed by atoms with Gasteiger partial charge in [0, 0.05) is 18.8 Å². The average molecular weight is 290 g/mol. The lowest BCUT2D eigenvalue weighted by atomic mass is 10.1. The summed E-state index contributed by atoms with van der Waals surface area (Å²) in [5.41, 5.74) is 1.54. The third kappa shape index (κ3) is 4.21. The highest BCUT2D eigenvalue weighted by atomic mass is 16.4. The van der Waals surface area contributed by atoms with Crippen molar-refractivity contribution in [2.75, 3.05) is 18.4 Å². The number of hydrogen-bond donors (Lipinski definition) is 2. The molecule has 21 heavy (non-hydrogen) atoms. The number of aryl methyl sites for hydroxylation is 1. The van der Waals surface area contributed by atoms with Crippen LogP contribution in [-0.2, 0) is 0 Å². The van der Waals surface area contributed by atoms with Crippen LogP contribution < -0.4 is 5.32 Å². The molecule has 1 aliphatic carbocycles. The van der Waals surface area contributed by atoms with Crippen LogP contribution in [0, 0.1) is 12.8 Å². The van der Waals surface area contributed by atoms with Gasteiger partial charge in [0.25, 0.3) is 0 Å². The molecule has 2 N–H and O–H groups in total. The number of amides is 2. The van der Waals surface area contributed by atoms with Crippen molar-refractivity contribution in [3.8, 4) is 0 Å². The van der Waals surface area contributed by atoms with E-state index < -0.39 is 5.97 Å². The minimum absolute atomic E-state index is 0.105.